The van der Waals surface area contributed by atoms with Gasteiger partial charge in [-0.3, -0.25) is 9.79 Å². The number of nitrogens with one attached hydrogen (secondary N) is 2. The molecule has 0 aliphatic heterocycles. The minimum atomic E-state index is -3.43. The van der Waals surface area contributed by atoms with E-state index in [1.807, 2.05) is 0 Å². The van der Waals surface area contributed by atoms with Crippen LogP contribution in [0.1, 0.15) is 34.9 Å². The van der Waals surface area contributed by atoms with Crippen LogP contribution in [0.25, 0.3) is 5.73 Å². The summed E-state index contributed by atoms with van der Waals surface area (Å²) in [6, 6.07) is 5.55. The minimum Gasteiger partial charge on any atom is -0.667 e. The van der Waals surface area contributed by atoms with Crippen molar-refractivity contribution in [1.82, 2.24) is 10.0 Å². The summed E-state index contributed by atoms with van der Waals surface area (Å²) in [5.41, 5.74) is 8.23. The second-order valence-corrected chi connectivity index (χ2v) is 7.54. The molecule has 0 unspecified atom stereocenters. The maximum Gasteiger partial charge on any atom is 0.319 e. The Kier molecular flexibility index (Phi) is 11.5. The summed E-state index contributed by atoms with van der Waals surface area (Å²) in [6.07, 6.45) is -0.379. The molecule has 0 saturated heterocycles. The van der Waals surface area contributed by atoms with E-state index in [4.69, 9.17) is 18.3 Å². The van der Waals surface area contributed by atoms with E-state index in [9.17, 15) is 14.8 Å². The molecule has 0 aliphatic carbocycles. The predicted molar refractivity (Wildman–Crippen MR) is 119 cm³/mol. The fourth-order valence-electron chi connectivity index (χ4n) is 3.38. The number of alkyl halides is 2. The molecule has 3 radical (unpaired) electrons. The minimum absolute atomic E-state index is 0. The van der Waals surface area contributed by atoms with Crippen molar-refractivity contribution in [3.63, 3.8) is 0 Å². The molecule has 0 bridgehead atoms. The van der Waals surface area contributed by atoms with Crippen molar-refractivity contribution in [1.29, 1.82) is 0 Å². The van der Waals surface area contributed by atoms with Crippen molar-refractivity contribution in [2.45, 2.75) is 39.7 Å². The van der Waals surface area contributed by atoms with Gasteiger partial charge in [-0.2, -0.15) is 13.5 Å². The smallest absolute Gasteiger partial charge is 0.319 e. The molecule has 8 nitrogen and oxygen atoms in total. The summed E-state index contributed by atoms with van der Waals surface area (Å²) in [7, 11) is 5.76. The van der Waals surface area contributed by atoms with Gasteiger partial charge in [-0.15, -0.1) is 0 Å². The molecular formula is C22H26BF2N4O4Y-. The third kappa shape index (κ3) is 7.99. The van der Waals surface area contributed by atoms with Crippen molar-refractivity contribution >= 4 is 25.2 Å². The third-order valence-electron chi connectivity index (χ3n) is 4.87. The molecule has 0 aliphatic rings. The van der Waals surface area contributed by atoms with Gasteiger partial charge in [-0.25, -0.2) is 0 Å². The Morgan fingerprint density at radius 1 is 1.26 bits per heavy atom. The van der Waals surface area contributed by atoms with Gasteiger partial charge in [0.15, 0.2) is 5.49 Å². The number of aryl methyl sites for hydroxylation is 2. The summed E-state index contributed by atoms with van der Waals surface area (Å²) in [5, 5.41) is 13.2. The molecule has 0 saturated carbocycles. The Morgan fingerprint density at radius 2 is 1.94 bits per heavy atom. The molecule has 1 aromatic heterocycles. The summed E-state index contributed by atoms with van der Waals surface area (Å²) in [4.78, 5) is 26.6. The van der Waals surface area contributed by atoms with Crippen LogP contribution in [0.4, 0.5) is 8.78 Å². The van der Waals surface area contributed by atoms with Crippen LogP contribution in [0.5, 0.6) is 0 Å². The Bertz CT molecular complexity index is 1110. The van der Waals surface area contributed by atoms with Gasteiger partial charge >= 0.3 is 5.97 Å². The van der Waals surface area contributed by atoms with Gasteiger partial charge in [-0.05, 0) is 37.5 Å². The Hall–Kier alpha value is -2.10. The van der Waals surface area contributed by atoms with Crippen LogP contribution in [-0.4, -0.2) is 49.4 Å². The quantitative estimate of drug-likeness (QED) is 0.266. The van der Waals surface area contributed by atoms with E-state index in [0.29, 0.717) is 15.9 Å². The van der Waals surface area contributed by atoms with Crippen LogP contribution in [0.15, 0.2) is 29.3 Å². The van der Waals surface area contributed by atoms with Crippen molar-refractivity contribution in [2.24, 2.45) is 4.99 Å². The zero-order valence-corrected chi connectivity index (χ0v) is 22.2. The number of hydrogen-bond acceptors (Lipinski definition) is 6. The number of ether oxygens (including phenoxy) is 1. The van der Waals surface area contributed by atoms with Gasteiger partial charge in [0.25, 0.3) is 5.92 Å². The molecule has 2 rings (SSSR count). The number of pyridine rings is 1. The Labute approximate surface area is 223 Å². The number of nitrogens with zero attached hydrogens (tertiary/aromatic N) is 2. The first-order chi connectivity index (χ1) is 15.5. The summed E-state index contributed by atoms with van der Waals surface area (Å²) < 4.78 is 35.7. The van der Waals surface area contributed by atoms with Crippen LogP contribution < -0.4 is 16.3 Å². The number of benzene rings is 1. The van der Waals surface area contributed by atoms with E-state index < -0.39 is 24.3 Å². The average Bonchev–Trinajstić information content (AvgIpc) is 2.70. The summed E-state index contributed by atoms with van der Waals surface area (Å²) >= 11 is 0. The molecule has 3 N–H and O–H groups in total. The van der Waals surface area contributed by atoms with Gasteiger partial charge in [0, 0.05) is 51.2 Å². The molecule has 2 aromatic rings. The van der Waals surface area contributed by atoms with Crippen molar-refractivity contribution < 1.29 is 61.0 Å². The van der Waals surface area contributed by atoms with E-state index in [-0.39, 0.29) is 86.6 Å². The fraction of sp³-hybridized carbons (Fsp3) is 0.409. The van der Waals surface area contributed by atoms with Crippen LogP contribution in [-0.2, 0) is 65.9 Å². The zero-order chi connectivity index (χ0) is 24.8. The van der Waals surface area contributed by atoms with Crippen LogP contribution in [0, 0.1) is 13.8 Å². The molecule has 0 spiro atoms. The van der Waals surface area contributed by atoms with Gasteiger partial charge in [0.05, 0.1) is 24.8 Å². The van der Waals surface area contributed by atoms with Crippen molar-refractivity contribution in [2.75, 3.05) is 19.7 Å². The fourth-order valence-corrected chi connectivity index (χ4v) is 3.38. The number of amides is 1. The average molecular weight is 548 g/mol. The van der Waals surface area contributed by atoms with Crippen LogP contribution in [0.2, 0.25) is 0 Å². The molecular weight excluding hydrogens is 522 g/mol. The molecule has 34 heavy (non-hydrogen) atoms. The van der Waals surface area contributed by atoms with Crippen molar-refractivity contribution in [3.8, 4) is 0 Å². The summed E-state index contributed by atoms with van der Waals surface area (Å²) in [5.74, 6) is -4.86. The van der Waals surface area contributed by atoms with Crippen LogP contribution >= 0.6 is 0 Å². The number of halogens is 2. The van der Waals surface area contributed by atoms with Gasteiger partial charge in [0.2, 0.25) is 0 Å². The molecule has 1 aromatic carbocycles. The molecule has 0 fully saturated rings. The predicted octanol–water partition coefficient (Wildman–Crippen LogP) is 1.60. The molecule has 1 amide bonds. The Morgan fingerprint density at radius 3 is 2.56 bits per heavy atom. The maximum atomic E-state index is 15.2. The van der Waals surface area contributed by atoms with E-state index in [2.05, 4.69) is 10.3 Å². The molecule has 1 heterocycles. The standard InChI is InChI=1S/C22H27BF2N4O4.Y/c1-4-33-20(31)11-27-10-15-8-16(23)5-6-17(15)22(24,25)12-28-21-14(3)7-13(2)18(29(21)32)9-19(26)30;/h5-8,27,32H,4,9-12H2,1-3H3,(H2,26,30);/p-1. The van der Waals surface area contributed by atoms with Gasteiger partial charge in [-0.1, -0.05) is 29.7 Å². The molecule has 179 valence electrons. The maximum absolute atomic E-state index is 15.2. The number of rotatable bonds is 10. The Balaban J connectivity index is 0.00000578. The van der Waals surface area contributed by atoms with E-state index in [1.165, 1.54) is 18.2 Å². The summed E-state index contributed by atoms with van der Waals surface area (Å²) in [6.45, 7) is 3.93. The first-order valence-electron chi connectivity index (χ1n) is 10.3. The van der Waals surface area contributed by atoms with Crippen LogP contribution in [0.3, 0.4) is 0 Å². The number of esters is 1. The second-order valence-electron chi connectivity index (χ2n) is 7.54. The SMILES string of the molecule is [B]c1ccc(C(F)(F)CN=c2c(C)cc(C)c(CC([NH-])=O)n2O)c(CNCC(=O)OCC)c1.[Y]. The largest absolute Gasteiger partial charge is 0.667 e. The topological polar surface area (TPSA) is 117 Å². The van der Waals surface area contributed by atoms with E-state index in [1.54, 1.807) is 26.8 Å². The van der Waals surface area contributed by atoms with Crippen molar-refractivity contribution in [3.05, 3.63) is 63.4 Å². The third-order valence-corrected chi connectivity index (χ3v) is 4.87. The van der Waals surface area contributed by atoms with E-state index >= 15 is 8.78 Å². The number of aromatic nitrogens is 1. The number of carbonyl (C=O) groups is 2. The number of hydrogen-bond donors (Lipinski definition) is 2. The monoisotopic (exact) mass is 548 g/mol. The van der Waals surface area contributed by atoms with E-state index in [0.717, 1.165) is 0 Å². The first kappa shape index (κ1) is 29.9. The molecule has 12 heteroatoms. The zero-order valence-electron chi connectivity index (χ0n) is 19.3. The number of carbonyl (C=O) groups excluding carboxylic acids is 2. The second kappa shape index (κ2) is 13.1. The first-order valence-corrected chi connectivity index (χ1v) is 10.3. The molecule has 0 atom stereocenters. The van der Waals surface area contributed by atoms with Gasteiger partial charge in [0.1, 0.15) is 14.4 Å². The van der Waals surface area contributed by atoms with Gasteiger partial charge < -0.3 is 25.8 Å². The normalized spacial score (nSPS) is 11.7.